The van der Waals surface area contributed by atoms with E-state index in [2.05, 4.69) is 15.6 Å². The summed E-state index contributed by atoms with van der Waals surface area (Å²) in [6.45, 7) is 5.87. The van der Waals surface area contributed by atoms with Gasteiger partial charge in [-0.05, 0) is 84.8 Å². The van der Waals surface area contributed by atoms with Gasteiger partial charge in [-0.2, -0.15) is 0 Å². The van der Waals surface area contributed by atoms with Crippen LogP contribution >= 0.6 is 0 Å². The first-order valence-electron chi connectivity index (χ1n) is 15.0. The van der Waals surface area contributed by atoms with Crippen LogP contribution in [-0.4, -0.2) is 41.3 Å². The molecule has 2 atom stereocenters. The average molecular weight is 610 g/mol. The SMILES string of the molecule is CC(=O)C1(c2ccc3cc2CN(C)C(=O)[C@H](Nc2ccc4c(N)ncc(F)c4c2)c2ccc(c(C)c2)[C@@H](C)COC(=O)N3)CC1. The summed E-state index contributed by atoms with van der Waals surface area (Å²) in [5.74, 6) is -0.555. The fourth-order valence-corrected chi connectivity index (χ4v) is 6.41. The highest BCUT2D eigenvalue weighted by Gasteiger charge is 2.50. The lowest BCUT2D eigenvalue weighted by molar-refractivity contribution is -0.131. The van der Waals surface area contributed by atoms with Crippen molar-refractivity contribution in [1.82, 2.24) is 9.88 Å². The maximum absolute atomic E-state index is 14.7. The third-order valence-electron chi connectivity index (χ3n) is 9.13. The van der Waals surface area contributed by atoms with E-state index in [1.807, 2.05) is 44.2 Å². The molecular formula is C35H36FN5O4. The van der Waals surface area contributed by atoms with Crippen molar-refractivity contribution in [1.29, 1.82) is 0 Å². The Hall–Kier alpha value is -4.99. The van der Waals surface area contributed by atoms with E-state index in [-0.39, 0.29) is 36.6 Å². The number of carbonyl (C=O) groups is 3. The molecule has 2 amide bonds. The first kappa shape index (κ1) is 30.1. The molecule has 1 aliphatic carbocycles. The number of rotatable bonds is 4. The molecule has 1 aromatic heterocycles. The van der Waals surface area contributed by atoms with Crippen molar-refractivity contribution in [2.24, 2.45) is 0 Å². The van der Waals surface area contributed by atoms with E-state index in [1.54, 1.807) is 43.1 Å². The highest BCUT2D eigenvalue weighted by molar-refractivity contribution is 5.95. The van der Waals surface area contributed by atoms with Crippen molar-refractivity contribution in [3.05, 3.63) is 94.4 Å². The molecule has 0 spiro atoms. The Balaban J connectivity index is 1.43. The fourth-order valence-electron chi connectivity index (χ4n) is 6.41. The number of carbonyl (C=O) groups excluding carboxylic acids is 3. The monoisotopic (exact) mass is 609 g/mol. The Kier molecular flexibility index (Phi) is 7.68. The number of ketones is 1. The van der Waals surface area contributed by atoms with Crippen LogP contribution in [0.5, 0.6) is 0 Å². The number of likely N-dealkylation sites (N-methyl/N-ethyl adjacent to an activating group) is 1. The summed E-state index contributed by atoms with van der Waals surface area (Å²) < 4.78 is 20.3. The molecule has 3 heterocycles. The molecule has 3 aromatic carbocycles. The Morgan fingerprint density at radius 2 is 1.89 bits per heavy atom. The molecule has 4 aromatic rings. The van der Waals surface area contributed by atoms with Gasteiger partial charge in [-0.3, -0.25) is 14.9 Å². The van der Waals surface area contributed by atoms with Gasteiger partial charge in [-0.15, -0.1) is 0 Å². The predicted octanol–water partition coefficient (Wildman–Crippen LogP) is 6.36. The second-order valence-electron chi connectivity index (χ2n) is 12.3. The van der Waals surface area contributed by atoms with Crippen LogP contribution in [0.2, 0.25) is 0 Å². The lowest BCUT2D eigenvalue weighted by Crippen LogP contribution is -2.36. The lowest BCUT2D eigenvalue weighted by Gasteiger charge is -2.28. The summed E-state index contributed by atoms with van der Waals surface area (Å²) in [4.78, 5) is 45.3. The first-order chi connectivity index (χ1) is 21.5. The number of benzene rings is 3. The van der Waals surface area contributed by atoms with Crippen LogP contribution in [-0.2, 0) is 26.3 Å². The van der Waals surface area contributed by atoms with Crippen molar-refractivity contribution >= 4 is 45.7 Å². The molecule has 9 nitrogen and oxygen atoms in total. The van der Waals surface area contributed by atoms with E-state index in [1.165, 1.54) is 0 Å². The smallest absolute Gasteiger partial charge is 0.411 e. The molecule has 0 saturated heterocycles. The summed E-state index contributed by atoms with van der Waals surface area (Å²) in [6.07, 6.45) is 1.97. The van der Waals surface area contributed by atoms with Crippen LogP contribution in [0.1, 0.15) is 66.5 Å². The number of nitrogens with zero attached hydrogens (tertiary/aromatic N) is 2. The number of fused-ring (bicyclic) bond motifs is 10. The molecule has 4 N–H and O–H groups in total. The number of anilines is 3. The van der Waals surface area contributed by atoms with Crippen molar-refractivity contribution in [2.75, 3.05) is 30.0 Å². The lowest BCUT2D eigenvalue weighted by atomic mass is 9.87. The fraction of sp³-hybridized carbons (Fsp3) is 0.314. The number of hydrogen-bond acceptors (Lipinski definition) is 7. The maximum atomic E-state index is 14.7. The third kappa shape index (κ3) is 5.68. The van der Waals surface area contributed by atoms with E-state index in [9.17, 15) is 18.8 Å². The van der Waals surface area contributed by atoms with Gasteiger partial charge in [0.25, 0.3) is 0 Å². The number of nitrogen functional groups attached to an aromatic ring is 1. The van der Waals surface area contributed by atoms with Gasteiger partial charge in [0.1, 0.15) is 23.5 Å². The predicted molar refractivity (Wildman–Crippen MR) is 172 cm³/mol. The largest absolute Gasteiger partial charge is 0.449 e. The molecule has 45 heavy (non-hydrogen) atoms. The number of pyridine rings is 1. The Bertz CT molecular complexity index is 1850. The van der Waals surface area contributed by atoms with Gasteiger partial charge in [-0.25, -0.2) is 14.2 Å². The molecular weight excluding hydrogens is 573 g/mol. The Morgan fingerprint density at radius 3 is 2.60 bits per heavy atom. The average Bonchev–Trinajstić information content (AvgIpc) is 3.82. The molecule has 3 aliphatic rings. The molecule has 4 bridgehead atoms. The minimum Gasteiger partial charge on any atom is -0.449 e. The summed E-state index contributed by atoms with van der Waals surface area (Å²) in [5, 5.41) is 6.93. The summed E-state index contributed by atoms with van der Waals surface area (Å²) >= 11 is 0. The number of hydrogen-bond donors (Lipinski definition) is 3. The van der Waals surface area contributed by atoms with Crippen molar-refractivity contribution in [3.63, 3.8) is 0 Å². The minimum absolute atomic E-state index is 0.0726. The number of Topliss-reactive ketones (excluding diaryl/α,β-unsaturated/α-hetero) is 1. The van der Waals surface area contributed by atoms with Crippen LogP contribution in [0.15, 0.2) is 60.8 Å². The normalized spacial score (nSPS) is 19.6. The number of nitrogens with two attached hydrogens (primary N) is 1. The van der Waals surface area contributed by atoms with Gasteiger partial charge >= 0.3 is 6.09 Å². The maximum Gasteiger partial charge on any atom is 0.411 e. The summed E-state index contributed by atoms with van der Waals surface area (Å²) in [5.41, 5.74) is 10.7. The van der Waals surface area contributed by atoms with E-state index in [0.717, 1.165) is 46.9 Å². The van der Waals surface area contributed by atoms with E-state index >= 15 is 0 Å². The molecule has 1 fully saturated rings. The van der Waals surface area contributed by atoms with Crippen molar-refractivity contribution in [2.45, 2.75) is 57.5 Å². The molecule has 0 unspecified atom stereocenters. The van der Waals surface area contributed by atoms with Gasteiger partial charge in [0, 0.05) is 41.7 Å². The van der Waals surface area contributed by atoms with Crippen molar-refractivity contribution < 1.29 is 23.5 Å². The van der Waals surface area contributed by atoms with Gasteiger partial charge in [-0.1, -0.05) is 31.2 Å². The second-order valence-corrected chi connectivity index (χ2v) is 12.3. The number of halogens is 1. The summed E-state index contributed by atoms with van der Waals surface area (Å²) in [7, 11) is 1.71. The quantitative estimate of drug-likeness (QED) is 0.246. The van der Waals surface area contributed by atoms with Crippen LogP contribution in [0.3, 0.4) is 0 Å². The van der Waals surface area contributed by atoms with Crippen LogP contribution in [0.25, 0.3) is 10.8 Å². The van der Waals surface area contributed by atoms with E-state index in [4.69, 9.17) is 10.5 Å². The zero-order chi connectivity index (χ0) is 32.0. The number of aromatic nitrogens is 1. The highest BCUT2D eigenvalue weighted by atomic mass is 19.1. The molecule has 1 saturated carbocycles. The van der Waals surface area contributed by atoms with Gasteiger partial charge < -0.3 is 20.7 Å². The number of aryl methyl sites for hydroxylation is 1. The number of nitrogens with one attached hydrogen (secondary N) is 2. The highest BCUT2D eigenvalue weighted by Crippen LogP contribution is 2.50. The van der Waals surface area contributed by atoms with Gasteiger partial charge in [0.2, 0.25) is 5.91 Å². The van der Waals surface area contributed by atoms with Crippen LogP contribution in [0, 0.1) is 12.7 Å². The van der Waals surface area contributed by atoms with Crippen molar-refractivity contribution in [3.8, 4) is 0 Å². The van der Waals surface area contributed by atoms with Gasteiger partial charge in [0.15, 0.2) is 0 Å². The van der Waals surface area contributed by atoms with E-state index in [0.29, 0.717) is 22.1 Å². The summed E-state index contributed by atoms with van der Waals surface area (Å²) in [6, 6.07) is 15.5. The number of ether oxygens (including phenoxy) is 1. The van der Waals surface area contributed by atoms with Crippen LogP contribution in [0.4, 0.5) is 26.4 Å². The van der Waals surface area contributed by atoms with Gasteiger partial charge in [0.05, 0.1) is 18.2 Å². The van der Waals surface area contributed by atoms with E-state index < -0.39 is 23.4 Å². The zero-order valence-corrected chi connectivity index (χ0v) is 25.7. The van der Waals surface area contributed by atoms with Crippen LogP contribution < -0.4 is 16.4 Å². The second kappa shape index (κ2) is 11.5. The molecule has 7 rings (SSSR count). The first-order valence-corrected chi connectivity index (χ1v) is 15.0. The molecule has 2 aliphatic heterocycles. The zero-order valence-electron chi connectivity index (χ0n) is 25.7. The standard InChI is InChI=1S/C35H36FN5O4/c1-19-13-22-5-8-26(19)20(2)18-45-34(44)40-24-7-10-29(35(11-12-35)21(3)42)23(14-24)17-41(4)33(43)31(22)39-25-6-9-27-28(15-25)30(36)16-38-32(27)37/h5-10,13-16,20,31,39H,11-12,17-18H2,1-4H3,(H2,37,38)(H,40,44)/t20-,31+/m0/s1. The molecule has 0 radical (unpaired) electrons. The Morgan fingerprint density at radius 1 is 1.11 bits per heavy atom. The third-order valence-corrected chi connectivity index (χ3v) is 9.13. The minimum atomic E-state index is -0.823. The topological polar surface area (TPSA) is 127 Å². The molecule has 232 valence electrons. The Labute approximate surface area is 261 Å². The number of amides is 2. The molecule has 10 heteroatoms.